The van der Waals surface area contributed by atoms with Gasteiger partial charge in [0.15, 0.2) is 0 Å². The lowest BCUT2D eigenvalue weighted by atomic mass is 10.0. The summed E-state index contributed by atoms with van der Waals surface area (Å²) in [6, 6.07) is 4.23. The van der Waals surface area contributed by atoms with Crippen LogP contribution in [0.3, 0.4) is 0 Å². The van der Waals surface area contributed by atoms with Gasteiger partial charge in [-0.1, -0.05) is 11.6 Å². The molecule has 0 spiro atoms. The zero-order valence-electron chi connectivity index (χ0n) is 8.65. The molecule has 1 aromatic carbocycles. The van der Waals surface area contributed by atoms with Gasteiger partial charge in [0.25, 0.3) is 0 Å². The number of hydrogen-bond donors (Lipinski definition) is 2. The summed E-state index contributed by atoms with van der Waals surface area (Å²) >= 11 is 6.23. The molecule has 1 aliphatic rings. The van der Waals surface area contributed by atoms with E-state index in [1.54, 1.807) is 0 Å². The number of H-pyrrole nitrogens is 1. The van der Waals surface area contributed by atoms with Crippen molar-refractivity contribution in [2.75, 3.05) is 6.54 Å². The number of rotatable bonds is 0. The van der Waals surface area contributed by atoms with E-state index < -0.39 is 0 Å². The van der Waals surface area contributed by atoms with E-state index >= 15 is 0 Å². The molecule has 0 unspecified atom stereocenters. The lowest BCUT2D eigenvalue weighted by Gasteiger charge is -2.12. The molecule has 2 nitrogen and oxygen atoms in total. The minimum atomic E-state index is 0.833. The monoisotopic (exact) mass is 220 g/mol. The molecule has 0 amide bonds. The molecule has 3 rings (SSSR count). The molecule has 2 heterocycles. The third-order valence-electron chi connectivity index (χ3n) is 3.05. The molecule has 0 saturated heterocycles. The van der Waals surface area contributed by atoms with Crippen LogP contribution in [0, 0.1) is 6.92 Å². The van der Waals surface area contributed by atoms with Crippen LogP contribution in [0.1, 0.15) is 16.8 Å². The molecule has 0 saturated carbocycles. The van der Waals surface area contributed by atoms with Crippen molar-refractivity contribution in [3.63, 3.8) is 0 Å². The van der Waals surface area contributed by atoms with Crippen molar-refractivity contribution < 1.29 is 0 Å². The Hall–Kier alpha value is -0.990. The number of aromatic nitrogens is 1. The number of fused-ring (bicyclic) bond motifs is 3. The lowest BCUT2D eigenvalue weighted by Crippen LogP contribution is -2.22. The van der Waals surface area contributed by atoms with Gasteiger partial charge >= 0.3 is 0 Å². The van der Waals surface area contributed by atoms with Crippen molar-refractivity contribution in [3.05, 3.63) is 34.0 Å². The first kappa shape index (κ1) is 9.25. The summed E-state index contributed by atoms with van der Waals surface area (Å²) in [7, 11) is 0. The molecule has 15 heavy (non-hydrogen) atoms. The maximum Gasteiger partial charge on any atom is 0.0649 e. The van der Waals surface area contributed by atoms with Crippen LogP contribution in [0.2, 0.25) is 5.02 Å². The number of aryl methyl sites for hydroxylation is 1. The molecule has 1 aromatic heterocycles. The maximum absolute atomic E-state index is 6.23. The molecule has 0 bridgehead atoms. The fourth-order valence-electron chi connectivity index (χ4n) is 2.34. The van der Waals surface area contributed by atoms with Crippen LogP contribution in [0.5, 0.6) is 0 Å². The van der Waals surface area contributed by atoms with Gasteiger partial charge in [-0.2, -0.15) is 0 Å². The van der Waals surface area contributed by atoms with Crippen LogP contribution in [-0.4, -0.2) is 11.5 Å². The van der Waals surface area contributed by atoms with E-state index in [1.807, 2.05) is 6.07 Å². The number of nitrogens with one attached hydrogen (secondary N) is 2. The van der Waals surface area contributed by atoms with Crippen LogP contribution in [-0.2, 0) is 13.0 Å². The summed E-state index contributed by atoms with van der Waals surface area (Å²) in [5.74, 6) is 0. The molecule has 0 fully saturated rings. The number of hydrogen-bond acceptors (Lipinski definition) is 1. The zero-order chi connectivity index (χ0) is 10.4. The summed E-state index contributed by atoms with van der Waals surface area (Å²) in [6.45, 7) is 4.09. The van der Waals surface area contributed by atoms with E-state index in [9.17, 15) is 0 Å². The molecule has 0 aliphatic carbocycles. The first-order chi connectivity index (χ1) is 7.25. The van der Waals surface area contributed by atoms with Crippen molar-refractivity contribution in [2.24, 2.45) is 0 Å². The van der Waals surface area contributed by atoms with E-state index in [2.05, 4.69) is 23.3 Å². The van der Waals surface area contributed by atoms with Gasteiger partial charge in [-0.3, -0.25) is 0 Å². The van der Waals surface area contributed by atoms with E-state index in [0.29, 0.717) is 0 Å². The minimum Gasteiger partial charge on any atom is -0.357 e. The van der Waals surface area contributed by atoms with Crippen LogP contribution >= 0.6 is 11.6 Å². The largest absolute Gasteiger partial charge is 0.357 e. The highest BCUT2D eigenvalue weighted by Gasteiger charge is 2.16. The average Bonchev–Trinajstić information content (AvgIpc) is 2.57. The van der Waals surface area contributed by atoms with Gasteiger partial charge in [-0.15, -0.1) is 0 Å². The Morgan fingerprint density at radius 1 is 1.33 bits per heavy atom. The topological polar surface area (TPSA) is 27.8 Å². The van der Waals surface area contributed by atoms with Gasteiger partial charge < -0.3 is 10.3 Å². The molecule has 0 radical (unpaired) electrons. The predicted octanol–water partition coefficient (Wildman–Crippen LogP) is 2.78. The summed E-state index contributed by atoms with van der Waals surface area (Å²) in [4.78, 5) is 3.44. The number of benzene rings is 1. The summed E-state index contributed by atoms with van der Waals surface area (Å²) in [5, 5.41) is 5.51. The SMILES string of the molecule is Cc1cc(Cl)c2[nH]c3c(c2c1)CNCC3. The third kappa shape index (κ3) is 1.36. The van der Waals surface area contributed by atoms with Crippen LogP contribution in [0.15, 0.2) is 12.1 Å². The van der Waals surface area contributed by atoms with Crippen molar-refractivity contribution in [3.8, 4) is 0 Å². The Morgan fingerprint density at radius 2 is 2.20 bits per heavy atom. The van der Waals surface area contributed by atoms with E-state index in [4.69, 9.17) is 11.6 Å². The zero-order valence-corrected chi connectivity index (χ0v) is 9.41. The number of aromatic amines is 1. The van der Waals surface area contributed by atoms with Crippen LogP contribution < -0.4 is 5.32 Å². The normalized spacial score (nSPS) is 15.6. The second-order valence-corrected chi connectivity index (χ2v) is 4.59. The van der Waals surface area contributed by atoms with Crippen molar-refractivity contribution >= 4 is 22.5 Å². The predicted molar refractivity (Wildman–Crippen MR) is 63.5 cm³/mol. The first-order valence-corrected chi connectivity index (χ1v) is 5.64. The van der Waals surface area contributed by atoms with E-state index in [1.165, 1.54) is 22.2 Å². The van der Waals surface area contributed by atoms with Crippen LogP contribution in [0.4, 0.5) is 0 Å². The Balaban J connectivity index is 2.37. The molecular formula is C12H13ClN2. The first-order valence-electron chi connectivity index (χ1n) is 5.26. The standard InChI is InChI=1S/C12H13ClN2/c1-7-4-8-9-6-14-3-2-11(9)15-12(8)10(13)5-7/h4-5,14-15H,2-3,6H2,1H3. The molecule has 0 atom stereocenters. The molecule has 1 aliphatic heterocycles. The van der Waals surface area contributed by atoms with E-state index in [0.717, 1.165) is 30.0 Å². The second kappa shape index (κ2) is 3.26. The quantitative estimate of drug-likeness (QED) is 0.702. The maximum atomic E-state index is 6.23. The highest BCUT2D eigenvalue weighted by Crippen LogP contribution is 2.30. The molecular weight excluding hydrogens is 208 g/mol. The number of halogens is 1. The van der Waals surface area contributed by atoms with Crippen molar-refractivity contribution in [2.45, 2.75) is 19.9 Å². The average molecular weight is 221 g/mol. The summed E-state index contributed by atoms with van der Waals surface area (Å²) < 4.78 is 0. The Labute approximate surface area is 93.6 Å². The van der Waals surface area contributed by atoms with Gasteiger partial charge in [0.05, 0.1) is 10.5 Å². The summed E-state index contributed by atoms with van der Waals surface area (Å²) in [6.07, 6.45) is 1.07. The van der Waals surface area contributed by atoms with Gasteiger partial charge in [0, 0.05) is 30.6 Å². The third-order valence-corrected chi connectivity index (χ3v) is 3.35. The fraction of sp³-hybridized carbons (Fsp3) is 0.333. The van der Waals surface area contributed by atoms with E-state index in [-0.39, 0.29) is 0 Å². The van der Waals surface area contributed by atoms with Gasteiger partial charge in [-0.25, -0.2) is 0 Å². The smallest absolute Gasteiger partial charge is 0.0649 e. The highest BCUT2D eigenvalue weighted by molar-refractivity contribution is 6.35. The van der Waals surface area contributed by atoms with Crippen LogP contribution in [0.25, 0.3) is 10.9 Å². The van der Waals surface area contributed by atoms with Crippen molar-refractivity contribution in [1.29, 1.82) is 0 Å². The van der Waals surface area contributed by atoms with Crippen molar-refractivity contribution in [1.82, 2.24) is 10.3 Å². The fourth-order valence-corrected chi connectivity index (χ4v) is 2.66. The minimum absolute atomic E-state index is 0.833. The molecule has 2 N–H and O–H groups in total. The summed E-state index contributed by atoms with van der Waals surface area (Å²) in [5.41, 5.74) is 5.05. The molecule has 2 aromatic rings. The second-order valence-electron chi connectivity index (χ2n) is 4.18. The molecule has 78 valence electrons. The lowest BCUT2D eigenvalue weighted by molar-refractivity contribution is 0.641. The Morgan fingerprint density at radius 3 is 3.07 bits per heavy atom. The highest BCUT2D eigenvalue weighted by atomic mass is 35.5. The Kier molecular flexibility index (Phi) is 2.01. The molecule has 3 heteroatoms. The van der Waals surface area contributed by atoms with Gasteiger partial charge in [0.2, 0.25) is 0 Å². The Bertz CT molecular complexity index is 528. The van der Waals surface area contributed by atoms with Gasteiger partial charge in [-0.05, 0) is 30.2 Å². The van der Waals surface area contributed by atoms with Gasteiger partial charge in [0.1, 0.15) is 0 Å².